The van der Waals surface area contributed by atoms with E-state index in [0.717, 1.165) is 4.90 Å². The first kappa shape index (κ1) is 31.3. The molecule has 2 heterocycles. The van der Waals surface area contributed by atoms with Crippen LogP contribution in [0.3, 0.4) is 0 Å². The van der Waals surface area contributed by atoms with E-state index in [2.05, 4.69) is 0 Å². The van der Waals surface area contributed by atoms with Gasteiger partial charge >= 0.3 is 18.4 Å². The third-order valence-electron chi connectivity index (χ3n) is 7.89. The second-order valence-electron chi connectivity index (χ2n) is 10.7. The third kappa shape index (κ3) is 7.05. The van der Waals surface area contributed by atoms with Gasteiger partial charge in [0.15, 0.2) is 0 Å². The summed E-state index contributed by atoms with van der Waals surface area (Å²) in [5.74, 6) is -0.576. The lowest BCUT2D eigenvalue weighted by atomic mass is 9.96. The predicted octanol–water partition coefficient (Wildman–Crippen LogP) is 5.21. The van der Waals surface area contributed by atoms with Gasteiger partial charge < -0.3 is 9.80 Å². The van der Waals surface area contributed by atoms with E-state index in [1.807, 2.05) is 4.90 Å². The van der Waals surface area contributed by atoms with Gasteiger partial charge in [-0.05, 0) is 48.6 Å². The molecule has 2 aliphatic rings. The van der Waals surface area contributed by atoms with E-state index in [0.29, 0.717) is 50.2 Å². The highest BCUT2D eigenvalue weighted by Gasteiger charge is 2.39. The molecule has 4 rings (SSSR count). The number of carbonyl (C=O) groups is 3. The smallest absolute Gasteiger partial charge is 0.344 e. The van der Waals surface area contributed by atoms with Crippen molar-refractivity contribution in [2.45, 2.75) is 50.1 Å². The first-order valence-corrected chi connectivity index (χ1v) is 13.6. The first-order chi connectivity index (χ1) is 19.7. The molecule has 0 N–H and O–H groups in total. The molecule has 2 saturated heterocycles. The standard InChI is InChI=1S/C29H32F6N4O3/c1-36(12-8-19-16-21(28(30,31)32)18-22(17-19)29(33,34)35)26(41)25(20-6-4-3-5-7-20)38-13-9-23(10-14-38)39-15-11-24(40)37(2)27(39)42/h3-7,16-18,23,25H,8-15H2,1-2H3. The quantitative estimate of drug-likeness (QED) is 0.411. The molecule has 13 heteroatoms. The summed E-state index contributed by atoms with van der Waals surface area (Å²) in [7, 11) is 2.93. The Morgan fingerprint density at radius 2 is 1.50 bits per heavy atom. The largest absolute Gasteiger partial charge is 0.416 e. The molecule has 4 amide bonds. The highest BCUT2D eigenvalue weighted by Crippen LogP contribution is 2.36. The summed E-state index contributed by atoms with van der Waals surface area (Å²) in [4.78, 5) is 44.4. The number of alkyl halides is 6. The molecule has 0 bridgehead atoms. The van der Waals surface area contributed by atoms with E-state index < -0.39 is 29.5 Å². The van der Waals surface area contributed by atoms with Gasteiger partial charge in [-0.15, -0.1) is 0 Å². The predicted molar refractivity (Wildman–Crippen MR) is 141 cm³/mol. The second-order valence-corrected chi connectivity index (χ2v) is 10.7. The summed E-state index contributed by atoms with van der Waals surface area (Å²) in [5, 5.41) is 0. The number of imide groups is 1. The van der Waals surface area contributed by atoms with Gasteiger partial charge in [0.25, 0.3) is 0 Å². The number of urea groups is 1. The van der Waals surface area contributed by atoms with Crippen LogP contribution >= 0.6 is 0 Å². The Bertz CT molecular complexity index is 1260. The maximum absolute atomic E-state index is 13.7. The maximum Gasteiger partial charge on any atom is 0.416 e. The zero-order valence-electron chi connectivity index (χ0n) is 23.2. The van der Waals surface area contributed by atoms with Crippen LogP contribution in [-0.4, -0.2) is 83.8 Å². The molecule has 7 nitrogen and oxygen atoms in total. The lowest BCUT2D eigenvalue weighted by Gasteiger charge is -2.43. The number of rotatable bonds is 7. The number of likely N-dealkylation sites (tertiary alicyclic amines) is 1. The van der Waals surface area contributed by atoms with Crippen LogP contribution in [-0.2, 0) is 28.4 Å². The maximum atomic E-state index is 13.7. The molecule has 42 heavy (non-hydrogen) atoms. The fourth-order valence-electron chi connectivity index (χ4n) is 5.50. The summed E-state index contributed by atoms with van der Waals surface area (Å²) >= 11 is 0. The van der Waals surface area contributed by atoms with Crippen molar-refractivity contribution in [1.82, 2.24) is 19.6 Å². The summed E-state index contributed by atoms with van der Waals surface area (Å²) in [6.07, 6.45) is -8.73. The van der Waals surface area contributed by atoms with Gasteiger partial charge in [-0.2, -0.15) is 26.3 Å². The Labute approximate surface area is 239 Å². The van der Waals surface area contributed by atoms with Crippen molar-refractivity contribution in [3.63, 3.8) is 0 Å². The molecule has 2 fully saturated rings. The van der Waals surface area contributed by atoms with Crippen molar-refractivity contribution < 1.29 is 40.7 Å². The van der Waals surface area contributed by atoms with Crippen LogP contribution < -0.4 is 0 Å². The minimum atomic E-state index is -4.95. The Morgan fingerprint density at radius 3 is 2.05 bits per heavy atom. The van der Waals surface area contributed by atoms with Gasteiger partial charge in [0, 0.05) is 52.7 Å². The molecule has 0 radical (unpaired) electrons. The molecule has 0 aromatic heterocycles. The molecule has 2 aliphatic heterocycles. The Hall–Kier alpha value is -3.61. The lowest BCUT2D eigenvalue weighted by molar-refractivity contribution is -0.143. The molecule has 2 aromatic carbocycles. The Kier molecular flexibility index (Phi) is 9.19. The number of piperidine rings is 1. The number of hydrogen-bond donors (Lipinski definition) is 0. The van der Waals surface area contributed by atoms with Crippen molar-refractivity contribution in [3.05, 3.63) is 70.8 Å². The zero-order valence-corrected chi connectivity index (χ0v) is 23.2. The Balaban J connectivity index is 1.48. The van der Waals surface area contributed by atoms with Gasteiger partial charge in [0.05, 0.1) is 11.1 Å². The van der Waals surface area contributed by atoms with Crippen LogP contribution in [0.25, 0.3) is 0 Å². The number of nitrogens with zero attached hydrogens (tertiary/aromatic N) is 4. The van der Waals surface area contributed by atoms with E-state index in [1.54, 1.807) is 35.2 Å². The molecule has 1 atom stereocenters. The molecular weight excluding hydrogens is 566 g/mol. The number of likely N-dealkylation sites (N-methyl/N-ethyl adjacent to an activating group) is 1. The van der Waals surface area contributed by atoms with E-state index in [9.17, 15) is 40.7 Å². The first-order valence-electron chi connectivity index (χ1n) is 13.6. The number of hydrogen-bond acceptors (Lipinski definition) is 4. The average Bonchev–Trinajstić information content (AvgIpc) is 2.95. The van der Waals surface area contributed by atoms with Crippen molar-refractivity contribution in [3.8, 4) is 0 Å². The number of carbonyl (C=O) groups excluding carboxylic acids is 3. The molecule has 0 saturated carbocycles. The van der Waals surface area contributed by atoms with E-state index in [4.69, 9.17) is 0 Å². The number of amides is 4. The average molecular weight is 599 g/mol. The molecular formula is C29H32F6N4O3. The van der Waals surface area contributed by atoms with Crippen LogP contribution in [0.15, 0.2) is 48.5 Å². The highest BCUT2D eigenvalue weighted by atomic mass is 19.4. The van der Waals surface area contributed by atoms with Crippen molar-refractivity contribution in [2.24, 2.45) is 0 Å². The molecule has 0 spiro atoms. The number of benzene rings is 2. The van der Waals surface area contributed by atoms with Gasteiger partial charge in [-0.25, -0.2) is 4.79 Å². The molecule has 0 aliphatic carbocycles. The summed E-state index contributed by atoms with van der Waals surface area (Å²) < 4.78 is 79.7. The monoisotopic (exact) mass is 598 g/mol. The normalized spacial score (nSPS) is 18.4. The van der Waals surface area contributed by atoms with Crippen LogP contribution in [0.4, 0.5) is 31.1 Å². The zero-order chi connectivity index (χ0) is 30.8. The third-order valence-corrected chi connectivity index (χ3v) is 7.89. The van der Waals surface area contributed by atoms with Gasteiger partial charge in [0.2, 0.25) is 11.8 Å². The summed E-state index contributed by atoms with van der Waals surface area (Å²) in [6, 6.07) is 9.21. The number of halogens is 6. The van der Waals surface area contributed by atoms with E-state index >= 15 is 0 Å². The van der Waals surface area contributed by atoms with Crippen LogP contribution in [0.5, 0.6) is 0 Å². The minimum absolute atomic E-state index is 0.0841. The lowest BCUT2D eigenvalue weighted by Crippen LogP contribution is -2.57. The second kappa shape index (κ2) is 12.3. The van der Waals surface area contributed by atoms with Gasteiger partial charge in [0.1, 0.15) is 6.04 Å². The van der Waals surface area contributed by atoms with Gasteiger partial charge in [-0.3, -0.25) is 19.4 Å². The van der Waals surface area contributed by atoms with Crippen LogP contribution in [0, 0.1) is 0 Å². The minimum Gasteiger partial charge on any atom is -0.344 e. The Morgan fingerprint density at radius 1 is 0.929 bits per heavy atom. The molecule has 2 aromatic rings. The fraction of sp³-hybridized carbons (Fsp3) is 0.483. The summed E-state index contributed by atoms with van der Waals surface area (Å²) in [6.45, 7) is 1.17. The molecule has 1 unspecified atom stereocenters. The van der Waals surface area contributed by atoms with Crippen molar-refractivity contribution in [1.29, 1.82) is 0 Å². The van der Waals surface area contributed by atoms with Crippen molar-refractivity contribution in [2.75, 3.05) is 40.3 Å². The summed E-state index contributed by atoms with van der Waals surface area (Å²) in [5.41, 5.74) is -2.27. The van der Waals surface area contributed by atoms with E-state index in [1.165, 1.54) is 19.0 Å². The topological polar surface area (TPSA) is 64.2 Å². The van der Waals surface area contributed by atoms with Crippen LogP contribution in [0.2, 0.25) is 0 Å². The molecule has 228 valence electrons. The van der Waals surface area contributed by atoms with E-state index in [-0.39, 0.29) is 54.9 Å². The fourth-order valence-corrected chi connectivity index (χ4v) is 5.50. The SMILES string of the molecule is CN(CCc1cc(C(F)(F)F)cc(C(F)(F)F)c1)C(=O)C(c1ccccc1)N1CCC(N2CCC(=O)N(C)C2=O)CC1. The van der Waals surface area contributed by atoms with Crippen LogP contribution in [0.1, 0.15) is 47.6 Å². The highest BCUT2D eigenvalue weighted by molar-refractivity contribution is 5.96. The van der Waals surface area contributed by atoms with Gasteiger partial charge in [-0.1, -0.05) is 30.3 Å². The van der Waals surface area contributed by atoms with Crippen molar-refractivity contribution >= 4 is 17.8 Å².